The van der Waals surface area contributed by atoms with Crippen molar-refractivity contribution >= 4 is 35.0 Å². The molecule has 11 heteroatoms. The largest absolute Gasteiger partial charge is 0.459 e. The van der Waals surface area contributed by atoms with E-state index >= 15 is 0 Å². The first kappa shape index (κ1) is 22.9. The van der Waals surface area contributed by atoms with E-state index in [1.807, 2.05) is 0 Å². The third kappa shape index (κ3) is 4.72. The third-order valence-corrected chi connectivity index (χ3v) is 7.26. The van der Waals surface area contributed by atoms with E-state index in [2.05, 4.69) is 0 Å². The fraction of sp³-hybridized carbons (Fsp3) is 0.333. The van der Waals surface area contributed by atoms with Gasteiger partial charge in [-0.2, -0.15) is 0 Å². The summed E-state index contributed by atoms with van der Waals surface area (Å²) in [6.45, 7) is 3.34. The highest BCUT2D eigenvalue weighted by Crippen LogP contribution is 2.22. The predicted molar refractivity (Wildman–Crippen MR) is 125 cm³/mol. The first-order chi connectivity index (χ1) is 17.0. The van der Waals surface area contributed by atoms with Crippen LogP contribution in [-0.4, -0.2) is 95.6 Å². The van der Waals surface area contributed by atoms with Crippen molar-refractivity contribution in [1.29, 1.82) is 0 Å². The molecule has 5 rings (SSSR count). The molecule has 3 aromatic heterocycles. The number of carbonyl (C=O) groups is 4. The van der Waals surface area contributed by atoms with Crippen molar-refractivity contribution in [2.45, 2.75) is 0 Å². The molecule has 0 spiro atoms. The molecular weight excluding hydrogens is 472 g/mol. The molecule has 2 aliphatic rings. The number of furan rings is 2. The molecule has 2 saturated heterocycles. The summed E-state index contributed by atoms with van der Waals surface area (Å²) < 4.78 is 10.3. The number of carbonyl (C=O) groups excluding carboxylic acids is 4. The van der Waals surface area contributed by atoms with Crippen molar-refractivity contribution in [3.8, 4) is 0 Å². The summed E-state index contributed by atoms with van der Waals surface area (Å²) in [6, 6.07) is 9.95. The molecule has 3 aromatic rings. The molecule has 5 heterocycles. The lowest BCUT2D eigenvalue weighted by molar-refractivity contribution is 0.0519. The van der Waals surface area contributed by atoms with Crippen LogP contribution in [0.3, 0.4) is 0 Å². The molecule has 0 unspecified atom stereocenters. The van der Waals surface area contributed by atoms with Crippen molar-refractivity contribution in [2.24, 2.45) is 0 Å². The van der Waals surface area contributed by atoms with Gasteiger partial charge in [-0.25, -0.2) is 0 Å². The smallest absolute Gasteiger partial charge is 0.289 e. The molecule has 0 atom stereocenters. The van der Waals surface area contributed by atoms with Gasteiger partial charge in [0.1, 0.15) is 0 Å². The van der Waals surface area contributed by atoms with Crippen molar-refractivity contribution in [2.75, 3.05) is 52.4 Å². The van der Waals surface area contributed by atoms with E-state index in [4.69, 9.17) is 8.83 Å². The van der Waals surface area contributed by atoms with Gasteiger partial charge in [-0.1, -0.05) is 0 Å². The van der Waals surface area contributed by atoms with Crippen LogP contribution in [0.25, 0.3) is 0 Å². The fourth-order valence-corrected chi connectivity index (χ4v) is 5.16. The molecule has 2 fully saturated rings. The average molecular weight is 497 g/mol. The Balaban J connectivity index is 1.14. The van der Waals surface area contributed by atoms with Gasteiger partial charge < -0.3 is 28.4 Å². The molecule has 0 bridgehead atoms. The maximum Gasteiger partial charge on any atom is 0.289 e. The van der Waals surface area contributed by atoms with E-state index in [0.717, 1.165) is 0 Å². The fourth-order valence-electron chi connectivity index (χ4n) is 4.22. The van der Waals surface area contributed by atoms with Crippen LogP contribution in [0.2, 0.25) is 0 Å². The average Bonchev–Trinajstić information content (AvgIpc) is 3.70. The van der Waals surface area contributed by atoms with Gasteiger partial charge in [0.15, 0.2) is 11.5 Å². The predicted octanol–water partition coefficient (Wildman–Crippen LogP) is 2.13. The number of hydrogen-bond donors (Lipinski definition) is 0. The Bertz CT molecular complexity index is 1110. The molecule has 2 aliphatic heterocycles. The molecule has 0 radical (unpaired) electrons. The van der Waals surface area contributed by atoms with Gasteiger partial charge in [0.05, 0.1) is 22.3 Å². The standard InChI is InChI=1S/C24H24N4O6S/c29-21(17-3-1-15-33-17)25-7-11-27(12-8-25)23(31)19-5-6-20(35-19)24(32)28-13-9-26(10-14-28)22(30)18-4-2-16-34-18/h1-6,15-16H,7-14H2. The topological polar surface area (TPSA) is 108 Å². The van der Waals surface area contributed by atoms with E-state index in [1.54, 1.807) is 56.0 Å². The first-order valence-electron chi connectivity index (χ1n) is 11.4. The van der Waals surface area contributed by atoms with Gasteiger partial charge in [0, 0.05) is 52.4 Å². The SMILES string of the molecule is O=C(c1ccco1)N1CCN(C(=O)c2ccc(C(=O)N3CCN(C(=O)c4ccco4)CC3)s2)CC1. The van der Waals surface area contributed by atoms with Crippen LogP contribution >= 0.6 is 11.3 Å². The van der Waals surface area contributed by atoms with Gasteiger partial charge in [-0.15, -0.1) is 11.3 Å². The minimum atomic E-state index is -0.183. The molecule has 10 nitrogen and oxygen atoms in total. The molecule has 0 aromatic carbocycles. The minimum absolute atomic E-state index is 0.145. The summed E-state index contributed by atoms with van der Waals surface area (Å²) >= 11 is 1.17. The monoisotopic (exact) mass is 496 g/mol. The minimum Gasteiger partial charge on any atom is -0.459 e. The molecule has 35 heavy (non-hydrogen) atoms. The van der Waals surface area contributed by atoms with E-state index in [-0.39, 0.29) is 35.1 Å². The van der Waals surface area contributed by atoms with Crippen LogP contribution < -0.4 is 0 Å². The van der Waals surface area contributed by atoms with Crippen LogP contribution in [0.5, 0.6) is 0 Å². The van der Waals surface area contributed by atoms with Gasteiger partial charge in [0.2, 0.25) is 0 Å². The Hall–Kier alpha value is -3.86. The highest BCUT2D eigenvalue weighted by atomic mass is 32.1. The molecule has 4 amide bonds. The normalized spacial score (nSPS) is 16.5. The van der Waals surface area contributed by atoms with E-state index in [0.29, 0.717) is 62.1 Å². The number of hydrogen-bond acceptors (Lipinski definition) is 7. The van der Waals surface area contributed by atoms with Crippen LogP contribution in [-0.2, 0) is 0 Å². The van der Waals surface area contributed by atoms with Crippen LogP contribution in [0.1, 0.15) is 40.5 Å². The summed E-state index contributed by atoms with van der Waals surface area (Å²) in [5, 5.41) is 0. The highest BCUT2D eigenvalue weighted by molar-refractivity contribution is 7.15. The Morgan fingerprint density at radius 2 is 0.886 bits per heavy atom. The van der Waals surface area contributed by atoms with Gasteiger partial charge in [-0.3, -0.25) is 19.2 Å². The summed E-state index contributed by atoms with van der Waals surface area (Å²) in [5.74, 6) is -0.0788. The second-order valence-electron chi connectivity index (χ2n) is 8.29. The Morgan fingerprint density at radius 1 is 0.543 bits per heavy atom. The quantitative estimate of drug-likeness (QED) is 0.548. The molecular formula is C24H24N4O6S. The molecule has 0 aliphatic carbocycles. The van der Waals surface area contributed by atoms with E-state index in [1.165, 1.54) is 23.9 Å². The zero-order valence-electron chi connectivity index (χ0n) is 18.9. The highest BCUT2D eigenvalue weighted by Gasteiger charge is 2.30. The number of nitrogens with zero attached hydrogens (tertiary/aromatic N) is 4. The number of thiophene rings is 1. The molecule has 0 N–H and O–H groups in total. The van der Waals surface area contributed by atoms with Crippen molar-refractivity contribution in [3.05, 3.63) is 70.2 Å². The zero-order chi connectivity index (χ0) is 24.4. The van der Waals surface area contributed by atoms with Crippen molar-refractivity contribution < 1.29 is 28.0 Å². The summed E-state index contributed by atoms with van der Waals surface area (Å²) in [4.78, 5) is 58.5. The number of amides is 4. The summed E-state index contributed by atoms with van der Waals surface area (Å²) in [7, 11) is 0. The van der Waals surface area contributed by atoms with Gasteiger partial charge >= 0.3 is 0 Å². The lowest BCUT2D eigenvalue weighted by Gasteiger charge is -2.34. The van der Waals surface area contributed by atoms with E-state index in [9.17, 15) is 19.2 Å². The van der Waals surface area contributed by atoms with Crippen LogP contribution in [0, 0.1) is 0 Å². The van der Waals surface area contributed by atoms with Crippen molar-refractivity contribution in [3.63, 3.8) is 0 Å². The summed E-state index contributed by atoms with van der Waals surface area (Å²) in [6.07, 6.45) is 2.92. The second kappa shape index (κ2) is 9.79. The lowest BCUT2D eigenvalue weighted by atomic mass is 10.2. The second-order valence-corrected chi connectivity index (χ2v) is 9.37. The van der Waals surface area contributed by atoms with Crippen LogP contribution in [0.15, 0.2) is 57.8 Å². The van der Waals surface area contributed by atoms with Gasteiger partial charge in [0.25, 0.3) is 23.6 Å². The maximum atomic E-state index is 13.0. The third-order valence-electron chi connectivity index (χ3n) is 6.20. The number of rotatable bonds is 4. The van der Waals surface area contributed by atoms with Crippen LogP contribution in [0.4, 0.5) is 0 Å². The summed E-state index contributed by atoms with van der Waals surface area (Å²) in [5.41, 5.74) is 0. The Labute approximate surface area is 205 Å². The number of piperazine rings is 2. The zero-order valence-corrected chi connectivity index (χ0v) is 19.7. The lowest BCUT2D eigenvalue weighted by Crippen LogP contribution is -2.50. The first-order valence-corrected chi connectivity index (χ1v) is 12.2. The molecule has 182 valence electrons. The maximum absolute atomic E-state index is 13.0. The Kier molecular flexibility index (Phi) is 6.41. The molecule has 0 saturated carbocycles. The Morgan fingerprint density at radius 3 is 1.20 bits per heavy atom. The van der Waals surface area contributed by atoms with Crippen molar-refractivity contribution in [1.82, 2.24) is 19.6 Å². The van der Waals surface area contributed by atoms with Gasteiger partial charge in [-0.05, 0) is 36.4 Å². The van der Waals surface area contributed by atoms with E-state index < -0.39 is 0 Å².